The summed E-state index contributed by atoms with van der Waals surface area (Å²) in [7, 11) is 1.93. The summed E-state index contributed by atoms with van der Waals surface area (Å²) in [5, 5.41) is 0.295. The monoisotopic (exact) mass is 574 g/mol. The molecule has 0 aromatic carbocycles. The number of rotatable bonds is 3. The van der Waals surface area contributed by atoms with Crippen LogP contribution in [0.1, 0.15) is 40.9 Å². The molecule has 2 bridgehead atoms. The number of likely N-dealkylation sites (tertiary alicyclic amines) is 1. The fourth-order valence-corrected chi connectivity index (χ4v) is 7.62. The number of pyridine rings is 1. The van der Waals surface area contributed by atoms with E-state index in [9.17, 15) is 8.78 Å². The van der Waals surface area contributed by atoms with E-state index < -0.39 is 6.43 Å². The van der Waals surface area contributed by atoms with E-state index in [4.69, 9.17) is 33.1 Å². The first kappa shape index (κ1) is 25.5. The number of allylic oxidation sites excluding steroid dienone is 2. The number of hydrogen-bond donors (Lipinski definition) is 2. The molecule has 2 aromatic heterocycles. The van der Waals surface area contributed by atoms with Gasteiger partial charge in [0, 0.05) is 48.3 Å². The third-order valence-corrected chi connectivity index (χ3v) is 10.3. The number of halogens is 3. The molecule has 1 atom stereocenters. The van der Waals surface area contributed by atoms with E-state index >= 15 is 0 Å². The number of aromatic nitrogens is 2. The highest BCUT2D eigenvalue weighted by Crippen LogP contribution is 2.53. The maximum absolute atomic E-state index is 13.1. The Hall–Kier alpha value is -2.80. The number of alkyl halides is 2. The predicted molar refractivity (Wildman–Crippen MR) is 148 cm³/mol. The summed E-state index contributed by atoms with van der Waals surface area (Å²) in [6, 6.07) is 1.56. The van der Waals surface area contributed by atoms with Crippen molar-refractivity contribution in [3.8, 4) is 0 Å². The average molecular weight is 575 g/mol. The van der Waals surface area contributed by atoms with Crippen molar-refractivity contribution in [1.82, 2.24) is 19.8 Å². The molecule has 0 amide bonds. The number of amidine groups is 2. The third-order valence-electron chi connectivity index (χ3n) is 7.49. The van der Waals surface area contributed by atoms with Crippen LogP contribution in [0.3, 0.4) is 0 Å². The van der Waals surface area contributed by atoms with Crippen LogP contribution < -0.4 is 11.5 Å². The van der Waals surface area contributed by atoms with Gasteiger partial charge in [0.25, 0.3) is 6.43 Å². The van der Waals surface area contributed by atoms with Crippen LogP contribution in [0.15, 0.2) is 62.3 Å². The van der Waals surface area contributed by atoms with Crippen molar-refractivity contribution in [2.24, 2.45) is 21.1 Å². The summed E-state index contributed by atoms with van der Waals surface area (Å²) >= 11 is 8.89. The number of thioether (sulfide) groups is 1. The van der Waals surface area contributed by atoms with Crippen LogP contribution in [-0.2, 0) is 6.42 Å². The van der Waals surface area contributed by atoms with Gasteiger partial charge >= 0.3 is 0 Å². The summed E-state index contributed by atoms with van der Waals surface area (Å²) in [6.45, 7) is 1.53. The maximum Gasteiger partial charge on any atom is 0.289 e. The van der Waals surface area contributed by atoms with Crippen molar-refractivity contribution in [3.63, 3.8) is 0 Å². The molecule has 2 aromatic rings. The van der Waals surface area contributed by atoms with Gasteiger partial charge in [-0.15, -0.1) is 11.3 Å². The number of fused-ring (bicyclic) bond motifs is 3. The molecule has 0 saturated carbocycles. The Labute approximate surface area is 231 Å². The smallest absolute Gasteiger partial charge is 0.289 e. The summed E-state index contributed by atoms with van der Waals surface area (Å²) < 4.78 is 26.2. The van der Waals surface area contributed by atoms with Gasteiger partial charge in [-0.1, -0.05) is 23.4 Å². The van der Waals surface area contributed by atoms with Crippen molar-refractivity contribution < 1.29 is 8.78 Å². The molecule has 1 spiro atoms. The summed E-state index contributed by atoms with van der Waals surface area (Å²) in [5.74, 6) is 2.65. The number of hydrogen-bond acceptors (Lipinski definition) is 10. The Kier molecular flexibility index (Phi) is 6.53. The Balaban J connectivity index is 1.19. The predicted octanol–water partition coefficient (Wildman–Crippen LogP) is 5.14. The van der Waals surface area contributed by atoms with Gasteiger partial charge in [-0.05, 0) is 49.0 Å². The number of nitrogens with zero attached hydrogens (tertiary/aromatic N) is 6. The van der Waals surface area contributed by atoms with Crippen LogP contribution in [0, 0.1) is 5.41 Å². The molecule has 1 saturated heterocycles. The molecule has 3 aliphatic heterocycles. The minimum Gasteiger partial charge on any atom is -0.382 e. The Morgan fingerprint density at radius 3 is 2.79 bits per heavy atom. The third kappa shape index (κ3) is 4.33. The second kappa shape index (κ2) is 9.74. The SMILES string of the molecule is CN1C2=CC=C(Sc3ccnc(N)c3Cl)/C1=N/C=C/C(N1CCC3(CC1)Cc1nc(C(F)F)sc1C3N)=N\2. The van der Waals surface area contributed by atoms with Crippen molar-refractivity contribution in [1.29, 1.82) is 0 Å². The van der Waals surface area contributed by atoms with Gasteiger partial charge < -0.3 is 21.3 Å². The molecule has 13 heteroatoms. The van der Waals surface area contributed by atoms with Crippen LogP contribution >= 0.6 is 34.7 Å². The molecule has 8 nitrogen and oxygen atoms in total. The quantitative estimate of drug-likeness (QED) is 0.522. The van der Waals surface area contributed by atoms with Crippen LogP contribution in [-0.4, -0.2) is 51.6 Å². The maximum atomic E-state index is 13.1. The largest absolute Gasteiger partial charge is 0.382 e. The van der Waals surface area contributed by atoms with Gasteiger partial charge in [0.1, 0.15) is 23.3 Å². The van der Waals surface area contributed by atoms with Gasteiger partial charge in [-0.25, -0.2) is 28.7 Å². The number of thiazole rings is 1. The highest BCUT2D eigenvalue weighted by Gasteiger charge is 2.48. The Bertz CT molecular complexity index is 1440. The Morgan fingerprint density at radius 1 is 1.26 bits per heavy atom. The molecule has 6 rings (SSSR count). The lowest BCUT2D eigenvalue weighted by Crippen LogP contribution is -2.46. The van der Waals surface area contributed by atoms with E-state index in [1.807, 2.05) is 36.2 Å². The molecule has 4 N–H and O–H groups in total. The van der Waals surface area contributed by atoms with Crippen LogP contribution in [0.5, 0.6) is 0 Å². The van der Waals surface area contributed by atoms with E-state index in [-0.39, 0.29) is 22.3 Å². The van der Waals surface area contributed by atoms with Crippen molar-refractivity contribution in [3.05, 3.63) is 68.0 Å². The molecule has 1 aliphatic carbocycles. The molecular formula is C25H25ClF2N8S2. The second-order valence-electron chi connectivity index (χ2n) is 9.63. The molecule has 198 valence electrons. The van der Waals surface area contributed by atoms with Crippen molar-refractivity contribution in [2.45, 2.75) is 36.6 Å². The lowest BCUT2D eigenvalue weighted by atomic mass is 9.74. The van der Waals surface area contributed by atoms with Crippen LogP contribution in [0.25, 0.3) is 0 Å². The number of likely N-dealkylation sites (N-methyl/N-ethyl adjacent to an activating group) is 1. The van der Waals surface area contributed by atoms with Crippen LogP contribution in [0.2, 0.25) is 5.02 Å². The van der Waals surface area contributed by atoms with Gasteiger partial charge in [0.2, 0.25) is 0 Å². The van der Waals surface area contributed by atoms with E-state index in [1.54, 1.807) is 12.4 Å². The Morgan fingerprint density at radius 2 is 2.05 bits per heavy atom. The molecule has 4 aliphatic rings. The number of nitrogen functional groups attached to an aromatic ring is 1. The van der Waals surface area contributed by atoms with Gasteiger partial charge in [0.05, 0.1) is 15.6 Å². The van der Waals surface area contributed by atoms with Crippen LogP contribution in [0.4, 0.5) is 14.6 Å². The van der Waals surface area contributed by atoms with Crippen molar-refractivity contribution in [2.75, 3.05) is 25.9 Å². The first-order valence-corrected chi connectivity index (χ1v) is 14.1. The minimum atomic E-state index is -2.55. The average Bonchev–Trinajstić information content (AvgIpc) is 3.42. The van der Waals surface area contributed by atoms with Gasteiger partial charge in [-0.2, -0.15) is 0 Å². The van der Waals surface area contributed by atoms with E-state index in [0.29, 0.717) is 11.4 Å². The normalized spacial score (nSPS) is 25.7. The number of piperidine rings is 1. The minimum absolute atomic E-state index is 0.125. The zero-order valence-electron chi connectivity index (χ0n) is 20.4. The molecule has 5 heterocycles. The lowest BCUT2D eigenvalue weighted by molar-refractivity contribution is 0.127. The highest BCUT2D eigenvalue weighted by molar-refractivity contribution is 8.04. The van der Waals surface area contributed by atoms with Crippen molar-refractivity contribution >= 4 is 52.2 Å². The standard InChI is InChI=1S/C25H25ClF2N8S2/c1-35-16-3-2-15(37-14-4-8-31-22(30)18(14)26)23(35)32-9-5-17(34-16)36-10-6-25(7-11-36)12-13-19(20(25)29)38-24(33-13)21(27)28/h2-5,8-9,20-21H,6-7,10-12,29H2,1H3,(H2,30,31)/b9-5+,17-5?,32-9?,32-23-,34-16?,34-17+. The summed E-state index contributed by atoms with van der Waals surface area (Å²) in [5.41, 5.74) is 13.1. The molecule has 0 radical (unpaired) electrons. The second-order valence-corrected chi connectivity index (χ2v) is 12.2. The highest BCUT2D eigenvalue weighted by atomic mass is 35.5. The van der Waals surface area contributed by atoms with Gasteiger partial charge in [0.15, 0.2) is 5.01 Å². The van der Waals surface area contributed by atoms with E-state index in [0.717, 1.165) is 75.1 Å². The fraction of sp³-hybridized carbons (Fsp3) is 0.360. The molecule has 38 heavy (non-hydrogen) atoms. The molecule has 1 unspecified atom stereocenters. The number of aliphatic imine (C=N–C) groups is 2. The van der Waals surface area contributed by atoms with E-state index in [1.165, 1.54) is 11.8 Å². The summed E-state index contributed by atoms with van der Waals surface area (Å²) in [6.07, 6.45) is 9.05. The molecule has 1 fully saturated rings. The molecular weight excluding hydrogens is 550 g/mol. The summed E-state index contributed by atoms with van der Waals surface area (Å²) in [4.78, 5) is 24.6. The number of anilines is 1. The van der Waals surface area contributed by atoms with E-state index in [2.05, 4.69) is 14.9 Å². The first-order valence-electron chi connectivity index (χ1n) is 12.1. The first-order chi connectivity index (χ1) is 18.3. The number of nitrogens with two attached hydrogens (primary N) is 2. The van der Waals surface area contributed by atoms with Gasteiger partial charge in [-0.3, -0.25) is 0 Å². The lowest BCUT2D eigenvalue weighted by Gasteiger charge is -2.43. The zero-order valence-corrected chi connectivity index (χ0v) is 22.8. The zero-order chi connectivity index (χ0) is 26.6. The fourth-order valence-electron chi connectivity index (χ4n) is 5.33. The topological polar surface area (TPSA) is 109 Å².